The zero-order valence-electron chi connectivity index (χ0n) is 27.9. The molecule has 0 unspecified atom stereocenters. The number of hydrogen-bond acceptors (Lipinski definition) is 9. The minimum Gasteiger partial charge on any atom is -0.493 e. The summed E-state index contributed by atoms with van der Waals surface area (Å²) in [5.74, 6) is 0.302. The molecular weight excluding hydrogens is 692 g/mol. The van der Waals surface area contributed by atoms with Crippen LogP contribution in [0.15, 0.2) is 53.0 Å². The van der Waals surface area contributed by atoms with E-state index in [1.54, 1.807) is 36.4 Å². The highest BCUT2D eigenvalue weighted by molar-refractivity contribution is 9.10. The summed E-state index contributed by atoms with van der Waals surface area (Å²) in [5, 5.41) is 14.3. The molecule has 1 saturated heterocycles. The van der Waals surface area contributed by atoms with Gasteiger partial charge in [0.15, 0.2) is 5.60 Å². The number of piperidine rings is 1. The highest BCUT2D eigenvalue weighted by Gasteiger charge is 2.50. The van der Waals surface area contributed by atoms with Gasteiger partial charge in [-0.3, -0.25) is 0 Å². The average Bonchev–Trinajstić information content (AvgIpc) is 3.00. The molecule has 256 valence electrons. The Morgan fingerprint density at radius 1 is 1.09 bits per heavy atom. The fraction of sp³-hybridized carbons (Fsp3) is 0.471. The highest BCUT2D eigenvalue weighted by atomic mass is 79.9. The molecule has 1 aliphatic heterocycles. The predicted molar refractivity (Wildman–Crippen MR) is 189 cm³/mol. The van der Waals surface area contributed by atoms with E-state index in [2.05, 4.69) is 39.7 Å². The maximum absolute atomic E-state index is 14.3. The molecule has 1 atom stereocenters. The minimum absolute atomic E-state index is 0.0958. The monoisotopic (exact) mass is 735 g/mol. The first kappa shape index (κ1) is 38.6. The third-order valence-corrected chi connectivity index (χ3v) is 8.90. The zero-order valence-corrected chi connectivity index (χ0v) is 30.3. The normalized spacial score (nSPS) is 15.6. The number of nitrogen functional groups attached to an aromatic ring is 1. The number of hydrogen-bond donors (Lipinski definition) is 3. The molecule has 4 N–H and O–H groups in total. The summed E-state index contributed by atoms with van der Waals surface area (Å²) in [6.07, 6.45) is 2.78. The van der Waals surface area contributed by atoms with Crippen molar-refractivity contribution in [2.45, 2.75) is 78.4 Å². The zero-order chi connectivity index (χ0) is 35.0. The Morgan fingerprint density at radius 3 is 2.17 bits per heavy atom. The quantitative estimate of drug-likeness (QED) is 0.0899. The van der Waals surface area contributed by atoms with E-state index in [1.165, 1.54) is 12.1 Å². The number of rotatable bonds is 10. The van der Waals surface area contributed by atoms with Gasteiger partial charge in [-0.2, -0.15) is 0 Å². The SMILES string of the molecule is CC[C@@](OC(C)(C)C)(C(=O)Oc1ccc(OCCc2ccc(F)cc2)cc1)c1c(Cl)nc(N)c(Br)c1N1CCC(C)(C)CC1.OBO. The highest BCUT2D eigenvalue weighted by Crippen LogP contribution is 2.49. The molecule has 1 aliphatic rings. The molecule has 0 saturated carbocycles. The number of halogens is 3. The van der Waals surface area contributed by atoms with Crippen LogP contribution in [0.1, 0.15) is 71.9 Å². The number of carbonyl (C=O) groups excluding carboxylic acids is 1. The molecule has 0 bridgehead atoms. The molecule has 0 radical (unpaired) electrons. The van der Waals surface area contributed by atoms with Crippen LogP contribution in [0.2, 0.25) is 5.15 Å². The Hall–Kier alpha value is -2.90. The van der Waals surface area contributed by atoms with Gasteiger partial charge in [0, 0.05) is 19.5 Å². The molecule has 13 heteroatoms. The van der Waals surface area contributed by atoms with Crippen molar-refractivity contribution >= 4 is 52.7 Å². The lowest BCUT2D eigenvalue weighted by Crippen LogP contribution is -2.48. The maximum atomic E-state index is 14.3. The molecule has 0 amide bonds. The third-order valence-electron chi connectivity index (χ3n) is 7.85. The van der Waals surface area contributed by atoms with Gasteiger partial charge >= 0.3 is 13.7 Å². The lowest BCUT2D eigenvalue weighted by Gasteiger charge is -2.43. The van der Waals surface area contributed by atoms with Crippen LogP contribution >= 0.6 is 27.5 Å². The Balaban J connectivity index is 0.00000192. The van der Waals surface area contributed by atoms with Gasteiger partial charge in [0.25, 0.3) is 0 Å². The Bertz CT molecular complexity index is 1480. The van der Waals surface area contributed by atoms with Crippen molar-refractivity contribution in [1.82, 2.24) is 4.98 Å². The van der Waals surface area contributed by atoms with E-state index in [1.807, 2.05) is 27.7 Å². The summed E-state index contributed by atoms with van der Waals surface area (Å²) in [6.45, 7) is 14.0. The first-order chi connectivity index (χ1) is 22.1. The second kappa shape index (κ2) is 16.5. The number of ether oxygens (including phenoxy) is 3. The number of benzene rings is 2. The molecule has 1 aromatic heterocycles. The van der Waals surface area contributed by atoms with Gasteiger partial charge in [0.1, 0.15) is 28.3 Å². The maximum Gasteiger partial charge on any atom is 0.432 e. The van der Waals surface area contributed by atoms with E-state index in [0.29, 0.717) is 40.3 Å². The van der Waals surface area contributed by atoms with Gasteiger partial charge in [0.2, 0.25) is 0 Å². The second-order valence-corrected chi connectivity index (χ2v) is 14.2. The molecule has 0 spiro atoms. The molecule has 9 nitrogen and oxygen atoms in total. The van der Waals surface area contributed by atoms with Crippen molar-refractivity contribution in [1.29, 1.82) is 0 Å². The van der Waals surface area contributed by atoms with E-state index < -0.39 is 24.9 Å². The van der Waals surface area contributed by atoms with Crippen LogP contribution in [0.25, 0.3) is 0 Å². The second-order valence-electron chi connectivity index (χ2n) is 13.1. The summed E-state index contributed by atoms with van der Waals surface area (Å²) in [7, 11) is -0.750. The van der Waals surface area contributed by atoms with Crippen LogP contribution in [0.5, 0.6) is 11.5 Å². The van der Waals surface area contributed by atoms with E-state index in [4.69, 9.17) is 41.6 Å². The average molecular weight is 737 g/mol. The van der Waals surface area contributed by atoms with E-state index in [9.17, 15) is 9.18 Å². The number of pyridine rings is 1. The van der Waals surface area contributed by atoms with Gasteiger partial charge in [-0.05, 0) is 103 Å². The first-order valence-electron chi connectivity index (χ1n) is 15.6. The summed E-state index contributed by atoms with van der Waals surface area (Å²) in [6, 6.07) is 13.2. The number of esters is 1. The fourth-order valence-electron chi connectivity index (χ4n) is 5.37. The Kier molecular flexibility index (Phi) is 13.5. The van der Waals surface area contributed by atoms with Crippen LogP contribution in [0.4, 0.5) is 15.9 Å². The lowest BCUT2D eigenvalue weighted by atomic mass is 9.81. The standard InChI is InChI=1S/C34H42BrClFN3O4.BH3O2/c1-7-34(44-32(2,3)4,26-28(27(35)30(38)39-29(26)36)40-19-17-33(5,6)18-20-40)31(41)43-25-14-12-24(13-15-25)42-21-16-22-8-10-23(37)11-9-22;2-1-3/h8-15H,7,16-21H2,1-6H3,(H2,38,39);1-3H/t34-;/m0./s1. The van der Waals surface area contributed by atoms with Crippen LogP contribution in [0, 0.1) is 11.2 Å². The van der Waals surface area contributed by atoms with E-state index in [0.717, 1.165) is 31.5 Å². The van der Waals surface area contributed by atoms with Crippen molar-refractivity contribution in [3.8, 4) is 11.5 Å². The van der Waals surface area contributed by atoms with Crippen LogP contribution in [-0.2, 0) is 21.6 Å². The van der Waals surface area contributed by atoms with Crippen molar-refractivity contribution < 1.29 is 33.4 Å². The number of aromatic nitrogens is 1. The van der Waals surface area contributed by atoms with E-state index >= 15 is 0 Å². The van der Waals surface area contributed by atoms with Crippen LogP contribution in [-0.4, -0.2) is 54.0 Å². The number of anilines is 2. The summed E-state index contributed by atoms with van der Waals surface area (Å²) in [5.41, 5.74) is 6.27. The molecule has 2 heterocycles. The Morgan fingerprint density at radius 2 is 1.64 bits per heavy atom. The van der Waals surface area contributed by atoms with Gasteiger partial charge in [-0.1, -0.05) is 44.5 Å². The van der Waals surface area contributed by atoms with Crippen molar-refractivity contribution in [3.05, 3.63) is 75.1 Å². The molecule has 1 fully saturated rings. The van der Waals surface area contributed by atoms with Crippen LogP contribution in [0.3, 0.4) is 0 Å². The smallest absolute Gasteiger partial charge is 0.432 e. The van der Waals surface area contributed by atoms with Crippen molar-refractivity contribution in [3.63, 3.8) is 0 Å². The molecule has 0 aliphatic carbocycles. The van der Waals surface area contributed by atoms with Gasteiger partial charge in [-0.15, -0.1) is 0 Å². The van der Waals surface area contributed by atoms with Gasteiger partial charge in [0.05, 0.1) is 27.9 Å². The van der Waals surface area contributed by atoms with Gasteiger partial charge < -0.3 is 34.9 Å². The number of nitrogens with two attached hydrogens (primary N) is 1. The molecule has 47 heavy (non-hydrogen) atoms. The minimum atomic E-state index is -1.59. The lowest BCUT2D eigenvalue weighted by molar-refractivity contribution is -0.185. The summed E-state index contributed by atoms with van der Waals surface area (Å²) in [4.78, 5) is 20.9. The van der Waals surface area contributed by atoms with Crippen molar-refractivity contribution in [2.24, 2.45) is 5.41 Å². The first-order valence-corrected chi connectivity index (χ1v) is 16.7. The number of nitrogens with zero attached hydrogens (tertiary/aromatic N) is 2. The van der Waals surface area contributed by atoms with Crippen molar-refractivity contribution in [2.75, 3.05) is 30.3 Å². The molecule has 4 rings (SSSR count). The summed E-state index contributed by atoms with van der Waals surface area (Å²) >= 11 is 10.5. The summed E-state index contributed by atoms with van der Waals surface area (Å²) < 4.78 is 32.2. The van der Waals surface area contributed by atoms with E-state index in [-0.39, 0.29) is 28.6 Å². The predicted octanol–water partition coefficient (Wildman–Crippen LogP) is 6.73. The molecular formula is C34H45BBrClFN3O6. The third kappa shape index (κ3) is 10.3. The topological polar surface area (TPSA) is 127 Å². The fourth-order valence-corrected chi connectivity index (χ4v) is 6.24. The molecule has 2 aromatic carbocycles. The van der Waals surface area contributed by atoms with Crippen LogP contribution < -0.4 is 20.1 Å². The largest absolute Gasteiger partial charge is 0.493 e. The Labute approximate surface area is 291 Å². The number of carbonyl (C=O) groups is 1. The van der Waals surface area contributed by atoms with Gasteiger partial charge in [-0.25, -0.2) is 14.2 Å². The molecule has 3 aromatic rings.